The highest BCUT2D eigenvalue weighted by Gasteiger charge is 2.23. The average Bonchev–Trinajstić information content (AvgIpc) is 3.32. The van der Waals surface area contributed by atoms with E-state index < -0.39 is 0 Å². The van der Waals surface area contributed by atoms with Crippen LogP contribution in [0.2, 0.25) is 0 Å². The standard InChI is InChI=1S/C23H29N5O2/c1-5-7-9-14-28-21(22(18(3)26-28)30-15-8-6-2)23-25-24-17-27(23)16-19-10-12-20(29-4)13-11-19/h10-13,17H,6,8-9,14-16H2,1-4H3. The first kappa shape index (κ1) is 21.4. The largest absolute Gasteiger partial charge is 0.497 e. The molecule has 0 atom stereocenters. The van der Waals surface area contributed by atoms with Gasteiger partial charge in [-0.1, -0.05) is 25.5 Å². The number of aromatic nitrogens is 5. The minimum atomic E-state index is 0.639. The van der Waals surface area contributed by atoms with Crippen molar-refractivity contribution in [1.82, 2.24) is 24.5 Å². The molecule has 0 unspecified atom stereocenters. The summed E-state index contributed by atoms with van der Waals surface area (Å²) in [6.07, 6.45) is 4.52. The van der Waals surface area contributed by atoms with Gasteiger partial charge in [0, 0.05) is 6.42 Å². The molecule has 1 aromatic carbocycles. The summed E-state index contributed by atoms with van der Waals surface area (Å²) < 4.78 is 15.4. The molecule has 0 aliphatic rings. The van der Waals surface area contributed by atoms with E-state index in [4.69, 9.17) is 14.6 Å². The van der Waals surface area contributed by atoms with Crippen molar-refractivity contribution in [2.24, 2.45) is 0 Å². The first-order valence-corrected chi connectivity index (χ1v) is 10.3. The Labute approximate surface area is 178 Å². The fourth-order valence-electron chi connectivity index (χ4n) is 3.20. The second-order valence-corrected chi connectivity index (χ2v) is 7.00. The van der Waals surface area contributed by atoms with Crippen molar-refractivity contribution in [2.45, 2.75) is 53.1 Å². The zero-order valence-corrected chi connectivity index (χ0v) is 18.2. The summed E-state index contributed by atoms with van der Waals surface area (Å²) in [5.74, 6) is 8.40. The van der Waals surface area contributed by atoms with E-state index in [9.17, 15) is 0 Å². The van der Waals surface area contributed by atoms with E-state index in [1.54, 1.807) is 13.4 Å². The monoisotopic (exact) mass is 407 g/mol. The molecule has 0 radical (unpaired) electrons. The van der Waals surface area contributed by atoms with Gasteiger partial charge in [0.25, 0.3) is 0 Å². The molecular formula is C23H29N5O2. The number of hydrogen-bond donors (Lipinski definition) is 0. The van der Waals surface area contributed by atoms with E-state index in [2.05, 4.69) is 29.0 Å². The molecule has 2 heterocycles. The SMILES string of the molecule is CC#CCCn1nc(C)c(OCCCC)c1-c1nncn1Cc1ccc(OC)cc1. The Hall–Kier alpha value is -3.27. The predicted octanol–water partition coefficient (Wildman–Crippen LogP) is 4.10. The van der Waals surface area contributed by atoms with Crippen LogP contribution < -0.4 is 9.47 Å². The zero-order valence-electron chi connectivity index (χ0n) is 18.2. The molecule has 0 aliphatic heterocycles. The number of rotatable bonds is 10. The van der Waals surface area contributed by atoms with Gasteiger partial charge in [-0.3, -0.25) is 4.68 Å². The van der Waals surface area contributed by atoms with Crippen molar-refractivity contribution in [2.75, 3.05) is 13.7 Å². The summed E-state index contributed by atoms with van der Waals surface area (Å²) in [5, 5.41) is 13.3. The second-order valence-electron chi connectivity index (χ2n) is 7.00. The quantitative estimate of drug-likeness (QED) is 0.374. The fraction of sp³-hybridized carbons (Fsp3) is 0.435. The predicted molar refractivity (Wildman–Crippen MR) is 117 cm³/mol. The number of hydrogen-bond acceptors (Lipinski definition) is 5. The molecule has 30 heavy (non-hydrogen) atoms. The maximum Gasteiger partial charge on any atom is 0.186 e. The van der Waals surface area contributed by atoms with Crippen LogP contribution in [0.1, 0.15) is 44.4 Å². The molecule has 7 nitrogen and oxygen atoms in total. The van der Waals surface area contributed by atoms with Crippen molar-refractivity contribution in [3.8, 4) is 34.9 Å². The van der Waals surface area contributed by atoms with Gasteiger partial charge in [0.15, 0.2) is 11.6 Å². The Morgan fingerprint density at radius 2 is 1.97 bits per heavy atom. The van der Waals surface area contributed by atoms with Crippen LogP contribution in [0, 0.1) is 18.8 Å². The van der Waals surface area contributed by atoms with Crippen LogP contribution in [-0.2, 0) is 13.1 Å². The van der Waals surface area contributed by atoms with Crippen molar-refractivity contribution < 1.29 is 9.47 Å². The molecule has 0 N–H and O–H groups in total. The van der Waals surface area contributed by atoms with Crippen molar-refractivity contribution in [1.29, 1.82) is 0 Å². The summed E-state index contributed by atoms with van der Waals surface area (Å²) >= 11 is 0. The molecule has 0 bridgehead atoms. The third-order valence-electron chi connectivity index (χ3n) is 4.78. The van der Waals surface area contributed by atoms with Crippen LogP contribution in [0.15, 0.2) is 30.6 Å². The molecule has 2 aromatic heterocycles. The summed E-state index contributed by atoms with van der Waals surface area (Å²) in [7, 11) is 1.67. The maximum atomic E-state index is 6.14. The van der Waals surface area contributed by atoms with Crippen LogP contribution in [0.25, 0.3) is 11.5 Å². The number of unbranched alkanes of at least 4 members (excludes halogenated alkanes) is 1. The van der Waals surface area contributed by atoms with Crippen LogP contribution in [-0.4, -0.2) is 38.3 Å². The topological polar surface area (TPSA) is 67.0 Å². The van der Waals surface area contributed by atoms with Gasteiger partial charge >= 0.3 is 0 Å². The first-order chi connectivity index (χ1) is 14.7. The molecule has 158 valence electrons. The highest BCUT2D eigenvalue weighted by atomic mass is 16.5. The highest BCUT2D eigenvalue weighted by Crippen LogP contribution is 2.33. The summed E-state index contributed by atoms with van der Waals surface area (Å²) in [4.78, 5) is 0. The van der Waals surface area contributed by atoms with E-state index >= 15 is 0 Å². The molecule has 0 fully saturated rings. The molecule has 0 aliphatic carbocycles. The van der Waals surface area contributed by atoms with Crippen LogP contribution in [0.4, 0.5) is 0 Å². The molecule has 3 aromatic rings. The van der Waals surface area contributed by atoms with Gasteiger partial charge in [0.05, 0.1) is 26.8 Å². The lowest BCUT2D eigenvalue weighted by Crippen LogP contribution is -2.08. The van der Waals surface area contributed by atoms with Gasteiger partial charge < -0.3 is 14.0 Å². The summed E-state index contributed by atoms with van der Waals surface area (Å²) in [6, 6.07) is 7.99. The average molecular weight is 408 g/mol. The van der Waals surface area contributed by atoms with E-state index in [0.29, 0.717) is 26.1 Å². The molecule has 0 amide bonds. The van der Waals surface area contributed by atoms with Crippen molar-refractivity contribution in [3.63, 3.8) is 0 Å². The minimum absolute atomic E-state index is 0.639. The number of nitrogens with zero attached hydrogens (tertiary/aromatic N) is 5. The number of methoxy groups -OCH3 is 1. The molecular weight excluding hydrogens is 378 g/mol. The van der Waals surface area contributed by atoms with E-state index in [0.717, 1.165) is 47.1 Å². The van der Waals surface area contributed by atoms with E-state index in [-0.39, 0.29) is 0 Å². The third kappa shape index (κ3) is 5.01. The van der Waals surface area contributed by atoms with E-state index in [1.807, 2.05) is 47.4 Å². The Morgan fingerprint density at radius 3 is 2.67 bits per heavy atom. The lowest BCUT2D eigenvalue weighted by molar-refractivity contribution is 0.308. The normalized spacial score (nSPS) is 10.5. The summed E-state index contributed by atoms with van der Waals surface area (Å²) in [6.45, 7) is 7.92. The molecule has 3 rings (SSSR count). The zero-order chi connectivity index (χ0) is 21.3. The smallest absolute Gasteiger partial charge is 0.186 e. The van der Waals surface area contributed by atoms with Gasteiger partial charge in [0.1, 0.15) is 23.5 Å². The van der Waals surface area contributed by atoms with E-state index in [1.165, 1.54) is 0 Å². The maximum absolute atomic E-state index is 6.14. The highest BCUT2D eigenvalue weighted by molar-refractivity contribution is 5.62. The minimum Gasteiger partial charge on any atom is -0.497 e. The number of aryl methyl sites for hydroxylation is 2. The Balaban J connectivity index is 1.96. The molecule has 0 saturated carbocycles. The lowest BCUT2D eigenvalue weighted by atomic mass is 10.2. The van der Waals surface area contributed by atoms with Gasteiger partial charge in [-0.2, -0.15) is 5.10 Å². The Kier molecular flexibility index (Phi) is 7.50. The molecule has 0 saturated heterocycles. The lowest BCUT2D eigenvalue weighted by Gasteiger charge is -2.12. The van der Waals surface area contributed by atoms with Crippen molar-refractivity contribution >= 4 is 0 Å². The molecule has 7 heteroatoms. The second kappa shape index (κ2) is 10.5. The first-order valence-electron chi connectivity index (χ1n) is 10.3. The third-order valence-corrected chi connectivity index (χ3v) is 4.78. The fourth-order valence-corrected chi connectivity index (χ4v) is 3.20. The van der Waals surface area contributed by atoms with Crippen LogP contribution in [0.5, 0.6) is 11.5 Å². The Bertz CT molecular complexity index is 1010. The number of ether oxygens (including phenoxy) is 2. The van der Waals surface area contributed by atoms with Crippen LogP contribution in [0.3, 0.4) is 0 Å². The summed E-state index contributed by atoms with van der Waals surface area (Å²) in [5.41, 5.74) is 2.84. The van der Waals surface area contributed by atoms with Gasteiger partial charge in [-0.05, 0) is 38.0 Å². The van der Waals surface area contributed by atoms with Gasteiger partial charge in [-0.25, -0.2) is 0 Å². The molecule has 0 spiro atoms. The van der Waals surface area contributed by atoms with Gasteiger partial charge in [-0.15, -0.1) is 22.0 Å². The van der Waals surface area contributed by atoms with Crippen molar-refractivity contribution in [3.05, 3.63) is 41.9 Å². The van der Waals surface area contributed by atoms with Crippen LogP contribution >= 0.6 is 0 Å². The van der Waals surface area contributed by atoms with Gasteiger partial charge in [0.2, 0.25) is 0 Å². The Morgan fingerprint density at radius 1 is 1.17 bits per heavy atom. The number of benzene rings is 1.